The third-order valence-corrected chi connectivity index (χ3v) is 6.58. The summed E-state index contributed by atoms with van der Waals surface area (Å²) in [6.07, 6.45) is 1.59. The average molecular weight is 551 g/mol. The van der Waals surface area contributed by atoms with Crippen LogP contribution in [-0.4, -0.2) is 41.1 Å². The fourth-order valence-corrected chi connectivity index (χ4v) is 4.53. The molecule has 4 rings (SSSR count). The zero-order valence-corrected chi connectivity index (χ0v) is 21.9. The molecule has 0 aromatic heterocycles. The van der Waals surface area contributed by atoms with E-state index in [0.29, 0.717) is 17.9 Å². The quantitative estimate of drug-likeness (QED) is 0.266. The molecule has 1 heterocycles. The molecule has 194 valence electrons. The zero-order valence-electron chi connectivity index (χ0n) is 20.3. The number of nitrogens with zero attached hydrogens (tertiary/aromatic N) is 1. The summed E-state index contributed by atoms with van der Waals surface area (Å²) in [6, 6.07) is 21.2. The van der Waals surface area contributed by atoms with Gasteiger partial charge in [-0.1, -0.05) is 54.1 Å². The lowest BCUT2D eigenvalue weighted by Gasteiger charge is -2.13. The van der Waals surface area contributed by atoms with Crippen LogP contribution in [0.15, 0.2) is 77.7 Å². The number of rotatable bonds is 9. The molecule has 1 fully saturated rings. The van der Waals surface area contributed by atoms with Crippen molar-refractivity contribution in [3.63, 3.8) is 0 Å². The average Bonchev–Trinajstić information content (AvgIpc) is 3.17. The van der Waals surface area contributed by atoms with Crippen LogP contribution in [0.5, 0.6) is 5.75 Å². The maximum atomic E-state index is 12.8. The smallest absolute Gasteiger partial charge is 0.339 e. The second kappa shape index (κ2) is 12.4. The van der Waals surface area contributed by atoms with Crippen LogP contribution in [0.1, 0.15) is 28.4 Å². The highest BCUT2D eigenvalue weighted by atomic mass is 35.5. The third-order valence-electron chi connectivity index (χ3n) is 5.35. The molecule has 0 unspecified atom stereocenters. The number of hydrogen-bond acceptors (Lipinski definition) is 7. The number of carbonyl (C=O) groups excluding carboxylic acids is 4. The second-order valence-electron chi connectivity index (χ2n) is 8.07. The number of amides is 3. The molecule has 1 aliphatic heterocycles. The van der Waals surface area contributed by atoms with E-state index >= 15 is 0 Å². The topological polar surface area (TPSA) is 102 Å². The van der Waals surface area contributed by atoms with E-state index in [4.69, 9.17) is 21.1 Å². The summed E-state index contributed by atoms with van der Waals surface area (Å²) < 4.78 is 10.7. The molecule has 3 aromatic carbocycles. The van der Waals surface area contributed by atoms with Gasteiger partial charge in [0, 0.05) is 5.69 Å². The van der Waals surface area contributed by atoms with Gasteiger partial charge in [0.2, 0.25) is 5.91 Å². The van der Waals surface area contributed by atoms with E-state index in [2.05, 4.69) is 5.32 Å². The molecule has 0 saturated carbocycles. The molecule has 3 amide bonds. The van der Waals surface area contributed by atoms with E-state index < -0.39 is 29.6 Å². The summed E-state index contributed by atoms with van der Waals surface area (Å²) in [6.45, 7) is 1.79. The second-order valence-corrected chi connectivity index (χ2v) is 9.47. The van der Waals surface area contributed by atoms with E-state index in [1.807, 2.05) is 30.3 Å². The number of nitrogens with one attached hydrogen (secondary N) is 1. The number of hydrogen-bond donors (Lipinski definition) is 1. The minimum atomic E-state index is -0.625. The first kappa shape index (κ1) is 27.0. The number of ether oxygens (including phenoxy) is 2. The molecular formula is C28H23ClN2O6S. The number of halogens is 1. The van der Waals surface area contributed by atoms with Gasteiger partial charge in [-0.05, 0) is 66.2 Å². The molecule has 0 radical (unpaired) electrons. The highest BCUT2D eigenvalue weighted by Gasteiger charge is 2.36. The SMILES string of the molecule is CCOC(=O)c1cc(NC(=O)CN2C(=O)S/C(=C/c3ccc(OCc4ccccc4)cc3)C2=O)ccc1Cl. The van der Waals surface area contributed by atoms with E-state index in [1.54, 1.807) is 37.3 Å². The van der Waals surface area contributed by atoms with Gasteiger partial charge in [-0.3, -0.25) is 19.3 Å². The molecule has 10 heteroatoms. The molecule has 0 bridgehead atoms. The van der Waals surface area contributed by atoms with E-state index in [0.717, 1.165) is 22.2 Å². The molecule has 3 aromatic rings. The molecule has 1 N–H and O–H groups in total. The Morgan fingerprint density at radius 2 is 1.76 bits per heavy atom. The first-order valence-corrected chi connectivity index (χ1v) is 12.8. The predicted octanol–water partition coefficient (Wildman–Crippen LogP) is 5.77. The molecular weight excluding hydrogens is 528 g/mol. The van der Waals surface area contributed by atoms with Gasteiger partial charge >= 0.3 is 5.97 Å². The fourth-order valence-electron chi connectivity index (χ4n) is 3.50. The Bertz CT molecular complexity index is 1390. The van der Waals surface area contributed by atoms with Crippen molar-refractivity contribution in [2.24, 2.45) is 0 Å². The summed E-state index contributed by atoms with van der Waals surface area (Å²) in [4.78, 5) is 51.0. The maximum absolute atomic E-state index is 12.8. The van der Waals surface area contributed by atoms with Crippen LogP contribution < -0.4 is 10.1 Å². The van der Waals surface area contributed by atoms with Gasteiger partial charge in [0.05, 0.1) is 22.1 Å². The predicted molar refractivity (Wildman–Crippen MR) is 146 cm³/mol. The molecule has 8 nitrogen and oxygen atoms in total. The Balaban J connectivity index is 1.36. The van der Waals surface area contributed by atoms with Gasteiger partial charge in [-0.15, -0.1) is 0 Å². The normalized spacial score (nSPS) is 14.1. The summed E-state index contributed by atoms with van der Waals surface area (Å²) in [5.41, 5.74) is 2.13. The third kappa shape index (κ3) is 6.81. The van der Waals surface area contributed by atoms with Crippen LogP contribution in [0.4, 0.5) is 10.5 Å². The van der Waals surface area contributed by atoms with Crippen molar-refractivity contribution in [1.29, 1.82) is 0 Å². The minimum Gasteiger partial charge on any atom is -0.489 e. The highest BCUT2D eigenvalue weighted by Crippen LogP contribution is 2.32. The molecule has 1 aliphatic rings. The Morgan fingerprint density at radius 3 is 2.47 bits per heavy atom. The first-order valence-electron chi connectivity index (χ1n) is 11.6. The lowest BCUT2D eigenvalue weighted by Crippen LogP contribution is -2.36. The minimum absolute atomic E-state index is 0.0944. The van der Waals surface area contributed by atoms with Crippen LogP contribution >= 0.6 is 23.4 Å². The van der Waals surface area contributed by atoms with Crippen LogP contribution in [0, 0.1) is 0 Å². The van der Waals surface area contributed by atoms with Crippen molar-refractivity contribution in [2.45, 2.75) is 13.5 Å². The molecule has 0 atom stereocenters. The highest BCUT2D eigenvalue weighted by molar-refractivity contribution is 8.18. The molecule has 0 spiro atoms. The maximum Gasteiger partial charge on any atom is 0.339 e. The molecule has 38 heavy (non-hydrogen) atoms. The van der Waals surface area contributed by atoms with Crippen molar-refractivity contribution in [3.8, 4) is 5.75 Å². The molecule has 0 aliphatic carbocycles. The Morgan fingerprint density at radius 1 is 1.03 bits per heavy atom. The lowest BCUT2D eigenvalue weighted by molar-refractivity contribution is -0.127. The van der Waals surface area contributed by atoms with E-state index in [9.17, 15) is 19.2 Å². The van der Waals surface area contributed by atoms with Gasteiger partial charge in [-0.2, -0.15) is 0 Å². The molecule has 1 saturated heterocycles. The summed E-state index contributed by atoms with van der Waals surface area (Å²) in [7, 11) is 0. The number of imide groups is 1. The summed E-state index contributed by atoms with van der Waals surface area (Å²) in [5, 5.41) is 2.20. The summed E-state index contributed by atoms with van der Waals surface area (Å²) >= 11 is 6.80. The van der Waals surface area contributed by atoms with Crippen LogP contribution in [-0.2, 0) is 20.9 Å². The van der Waals surface area contributed by atoms with Gasteiger partial charge in [-0.25, -0.2) is 4.79 Å². The standard InChI is InChI=1S/C28H23ClN2O6S/c1-2-36-27(34)22-15-20(10-13-23(22)29)30-25(32)16-31-26(33)24(38-28(31)35)14-18-8-11-21(12-9-18)37-17-19-6-4-3-5-7-19/h3-15H,2,16-17H2,1H3,(H,30,32)/b24-14+. The van der Waals surface area contributed by atoms with Crippen LogP contribution in [0.3, 0.4) is 0 Å². The van der Waals surface area contributed by atoms with Crippen molar-refractivity contribution < 1.29 is 28.7 Å². The first-order chi connectivity index (χ1) is 18.3. The lowest BCUT2D eigenvalue weighted by atomic mass is 10.2. The van der Waals surface area contributed by atoms with Gasteiger partial charge in [0.15, 0.2) is 0 Å². The largest absolute Gasteiger partial charge is 0.489 e. The van der Waals surface area contributed by atoms with Gasteiger partial charge in [0.1, 0.15) is 18.9 Å². The number of carbonyl (C=O) groups is 4. The van der Waals surface area contributed by atoms with Crippen LogP contribution in [0.25, 0.3) is 6.08 Å². The van der Waals surface area contributed by atoms with Crippen LogP contribution in [0.2, 0.25) is 5.02 Å². The van der Waals surface area contributed by atoms with E-state index in [-0.39, 0.29) is 27.8 Å². The van der Waals surface area contributed by atoms with Crippen molar-refractivity contribution in [3.05, 3.63) is 99.4 Å². The fraction of sp³-hybridized carbons (Fsp3) is 0.143. The number of esters is 1. The Labute approximate surface area is 228 Å². The van der Waals surface area contributed by atoms with Crippen molar-refractivity contribution in [1.82, 2.24) is 4.90 Å². The summed E-state index contributed by atoms with van der Waals surface area (Å²) in [5.74, 6) is -1.13. The number of thioether (sulfide) groups is 1. The Kier molecular flexibility index (Phi) is 8.83. The van der Waals surface area contributed by atoms with Gasteiger partial charge < -0.3 is 14.8 Å². The van der Waals surface area contributed by atoms with Crippen molar-refractivity contribution >= 4 is 58.1 Å². The number of benzene rings is 3. The van der Waals surface area contributed by atoms with Crippen molar-refractivity contribution in [2.75, 3.05) is 18.5 Å². The zero-order chi connectivity index (χ0) is 27.1. The number of anilines is 1. The monoisotopic (exact) mass is 550 g/mol. The van der Waals surface area contributed by atoms with Gasteiger partial charge in [0.25, 0.3) is 11.1 Å². The van der Waals surface area contributed by atoms with E-state index in [1.165, 1.54) is 18.2 Å². The Hall–Kier alpha value is -4.08.